The van der Waals surface area contributed by atoms with Crippen LogP contribution in [0.15, 0.2) is 205 Å². The standard InChI is InChI=1S/C53H33NO2/c1-2-13-34(14-3-1)35-25-29-37(30-26-35)54(38-31-27-36-28-32-42-41-17-6-10-23-49(41)55-51(42)43(36)33-38)48-22-12-21-47-52(48)56-50-24-11-9-20-46(50)53(47)44-18-7-4-15-39(44)40-16-5-8-19-45(40)53/h1-33H. The molecular weight excluding hydrogens is 683 g/mol. The molecule has 0 radical (unpaired) electrons. The minimum atomic E-state index is -0.569. The van der Waals surface area contributed by atoms with E-state index in [4.69, 9.17) is 9.15 Å². The number of nitrogens with zero attached hydrogens (tertiary/aromatic N) is 1. The Morgan fingerprint density at radius 2 is 1.04 bits per heavy atom. The van der Waals surface area contributed by atoms with E-state index < -0.39 is 5.41 Å². The summed E-state index contributed by atoms with van der Waals surface area (Å²) in [6.07, 6.45) is 0. The summed E-state index contributed by atoms with van der Waals surface area (Å²) in [4.78, 5) is 2.35. The number of hydrogen-bond acceptors (Lipinski definition) is 3. The Balaban J connectivity index is 1.14. The van der Waals surface area contributed by atoms with Crippen molar-refractivity contribution in [2.24, 2.45) is 0 Å². The Kier molecular flexibility index (Phi) is 6.55. The Bertz CT molecular complexity index is 3130. The molecule has 0 saturated heterocycles. The predicted octanol–water partition coefficient (Wildman–Crippen LogP) is 14.3. The van der Waals surface area contributed by atoms with Crippen molar-refractivity contribution in [2.75, 3.05) is 4.90 Å². The summed E-state index contributed by atoms with van der Waals surface area (Å²) in [7, 11) is 0. The van der Waals surface area contributed by atoms with Crippen LogP contribution in [0.2, 0.25) is 0 Å². The molecule has 1 aliphatic heterocycles. The smallest absolute Gasteiger partial charge is 0.156 e. The molecule has 10 aromatic rings. The normalized spacial score (nSPS) is 13.3. The van der Waals surface area contributed by atoms with Crippen LogP contribution in [-0.4, -0.2) is 0 Å². The molecule has 1 aliphatic carbocycles. The molecule has 3 nitrogen and oxygen atoms in total. The first kappa shape index (κ1) is 31.0. The van der Waals surface area contributed by atoms with Crippen LogP contribution in [0.25, 0.3) is 55.0 Å². The second-order valence-corrected chi connectivity index (χ2v) is 14.8. The Morgan fingerprint density at radius 1 is 0.411 bits per heavy atom. The van der Waals surface area contributed by atoms with Crippen LogP contribution < -0.4 is 9.64 Å². The molecule has 0 saturated carbocycles. The molecule has 2 aliphatic rings. The largest absolute Gasteiger partial charge is 0.455 e. The molecule has 1 spiro atoms. The van der Waals surface area contributed by atoms with Crippen molar-refractivity contribution in [3.63, 3.8) is 0 Å². The monoisotopic (exact) mass is 715 g/mol. The van der Waals surface area contributed by atoms with Crippen molar-refractivity contribution in [3.8, 4) is 33.8 Å². The second kappa shape index (κ2) is 11.8. The molecule has 262 valence electrons. The van der Waals surface area contributed by atoms with E-state index in [9.17, 15) is 0 Å². The number of ether oxygens (including phenoxy) is 1. The van der Waals surface area contributed by atoms with Gasteiger partial charge in [-0.2, -0.15) is 0 Å². The Hall–Kier alpha value is -7.36. The zero-order valence-corrected chi connectivity index (χ0v) is 30.3. The number of rotatable bonds is 4. The van der Waals surface area contributed by atoms with Gasteiger partial charge in [0.1, 0.15) is 16.9 Å². The van der Waals surface area contributed by atoms with Gasteiger partial charge >= 0.3 is 0 Å². The highest BCUT2D eigenvalue weighted by Gasteiger charge is 2.51. The van der Waals surface area contributed by atoms with E-state index in [2.05, 4.69) is 193 Å². The van der Waals surface area contributed by atoms with Crippen LogP contribution in [0, 0.1) is 0 Å². The van der Waals surface area contributed by atoms with Crippen molar-refractivity contribution < 1.29 is 9.15 Å². The fourth-order valence-corrected chi connectivity index (χ4v) is 9.53. The van der Waals surface area contributed by atoms with Gasteiger partial charge in [-0.05, 0) is 87.3 Å². The third-order valence-electron chi connectivity index (χ3n) is 11.9. The van der Waals surface area contributed by atoms with Gasteiger partial charge in [-0.15, -0.1) is 0 Å². The molecule has 12 rings (SSSR count). The number of benzene rings is 9. The van der Waals surface area contributed by atoms with Crippen LogP contribution >= 0.6 is 0 Å². The van der Waals surface area contributed by atoms with E-state index in [1.54, 1.807) is 0 Å². The molecule has 0 unspecified atom stereocenters. The van der Waals surface area contributed by atoms with Gasteiger partial charge in [0.2, 0.25) is 0 Å². The van der Waals surface area contributed by atoms with Crippen molar-refractivity contribution >= 4 is 49.8 Å². The summed E-state index contributed by atoms with van der Waals surface area (Å²) >= 11 is 0. The number of para-hydroxylation sites is 3. The summed E-state index contributed by atoms with van der Waals surface area (Å²) in [5.74, 6) is 1.70. The first-order valence-corrected chi connectivity index (χ1v) is 19.2. The van der Waals surface area contributed by atoms with E-state index in [-0.39, 0.29) is 0 Å². The molecule has 0 amide bonds. The lowest BCUT2D eigenvalue weighted by Gasteiger charge is -2.41. The maximum absolute atomic E-state index is 7.18. The molecule has 0 N–H and O–H groups in total. The van der Waals surface area contributed by atoms with Crippen molar-refractivity contribution in [3.05, 3.63) is 222 Å². The summed E-state index contributed by atoms with van der Waals surface area (Å²) in [6.45, 7) is 0. The minimum Gasteiger partial charge on any atom is -0.455 e. The molecule has 1 aromatic heterocycles. The van der Waals surface area contributed by atoms with E-state index in [1.807, 2.05) is 12.1 Å². The predicted molar refractivity (Wildman–Crippen MR) is 229 cm³/mol. The number of fused-ring (bicyclic) bond motifs is 14. The molecule has 56 heavy (non-hydrogen) atoms. The highest BCUT2D eigenvalue weighted by Crippen LogP contribution is 2.63. The molecular formula is C53H33NO2. The zero-order chi connectivity index (χ0) is 36.8. The van der Waals surface area contributed by atoms with Gasteiger partial charge in [0.15, 0.2) is 5.75 Å². The van der Waals surface area contributed by atoms with E-state index in [0.29, 0.717) is 0 Å². The maximum atomic E-state index is 7.18. The van der Waals surface area contributed by atoms with Gasteiger partial charge in [0.05, 0.1) is 11.1 Å². The van der Waals surface area contributed by atoms with Crippen molar-refractivity contribution in [1.82, 2.24) is 0 Å². The molecule has 0 bridgehead atoms. The van der Waals surface area contributed by atoms with Crippen LogP contribution in [0.5, 0.6) is 11.5 Å². The van der Waals surface area contributed by atoms with Gasteiger partial charge in [0.25, 0.3) is 0 Å². The zero-order valence-electron chi connectivity index (χ0n) is 30.3. The molecule has 2 heterocycles. The molecule has 9 aromatic carbocycles. The Labute approximate surface area is 324 Å². The Morgan fingerprint density at radius 3 is 1.84 bits per heavy atom. The van der Waals surface area contributed by atoms with Crippen molar-refractivity contribution in [2.45, 2.75) is 5.41 Å². The van der Waals surface area contributed by atoms with Crippen LogP contribution in [0.4, 0.5) is 17.1 Å². The van der Waals surface area contributed by atoms with Crippen LogP contribution in [0.1, 0.15) is 22.3 Å². The number of furan rings is 1. The first-order chi connectivity index (χ1) is 27.8. The highest BCUT2D eigenvalue weighted by molar-refractivity contribution is 6.15. The lowest BCUT2D eigenvalue weighted by molar-refractivity contribution is 0.437. The second-order valence-electron chi connectivity index (χ2n) is 14.8. The fourth-order valence-electron chi connectivity index (χ4n) is 9.53. The topological polar surface area (TPSA) is 25.6 Å². The average molecular weight is 716 g/mol. The highest BCUT2D eigenvalue weighted by atomic mass is 16.5. The summed E-state index contributed by atoms with van der Waals surface area (Å²) in [5, 5.41) is 4.42. The number of hydrogen-bond donors (Lipinski definition) is 0. The first-order valence-electron chi connectivity index (χ1n) is 19.2. The van der Waals surface area contributed by atoms with Gasteiger partial charge < -0.3 is 14.1 Å². The van der Waals surface area contributed by atoms with Gasteiger partial charge in [-0.3, -0.25) is 0 Å². The van der Waals surface area contributed by atoms with Gasteiger partial charge in [0, 0.05) is 38.7 Å². The van der Waals surface area contributed by atoms with E-state index >= 15 is 0 Å². The van der Waals surface area contributed by atoms with E-state index in [1.165, 1.54) is 27.8 Å². The summed E-state index contributed by atoms with van der Waals surface area (Å²) in [6, 6.07) is 71.8. The van der Waals surface area contributed by atoms with E-state index in [0.717, 1.165) is 78.0 Å². The van der Waals surface area contributed by atoms with Crippen molar-refractivity contribution in [1.29, 1.82) is 0 Å². The number of anilines is 3. The molecule has 0 atom stereocenters. The van der Waals surface area contributed by atoms with Gasteiger partial charge in [-0.25, -0.2) is 0 Å². The maximum Gasteiger partial charge on any atom is 0.156 e. The average Bonchev–Trinajstić information content (AvgIpc) is 3.79. The summed E-state index contributed by atoms with van der Waals surface area (Å²) in [5.41, 5.74) is 13.9. The van der Waals surface area contributed by atoms with Crippen LogP contribution in [0.3, 0.4) is 0 Å². The SMILES string of the molecule is c1ccc(-c2ccc(N(c3ccc4ccc5c6ccccc6oc5c4c3)c3cccc4c3Oc3ccccc3C43c4ccccc4-c4ccccc43)cc2)cc1. The fraction of sp³-hybridized carbons (Fsp3) is 0.0189. The van der Waals surface area contributed by atoms with Crippen LogP contribution in [-0.2, 0) is 5.41 Å². The molecule has 0 fully saturated rings. The third-order valence-corrected chi connectivity index (χ3v) is 11.9. The molecule has 3 heteroatoms. The summed E-state index contributed by atoms with van der Waals surface area (Å²) < 4.78 is 13.8. The lowest BCUT2D eigenvalue weighted by Crippen LogP contribution is -2.32. The third kappa shape index (κ3) is 4.28. The quantitative estimate of drug-likeness (QED) is 0.181. The van der Waals surface area contributed by atoms with Gasteiger partial charge in [-0.1, -0.05) is 152 Å². The lowest BCUT2D eigenvalue weighted by atomic mass is 9.66. The minimum absolute atomic E-state index is 0.569.